The van der Waals surface area contributed by atoms with Crippen molar-refractivity contribution in [1.29, 1.82) is 0 Å². The number of nitrogens with zero attached hydrogens (tertiary/aromatic N) is 4. The molecule has 1 saturated heterocycles. The molecule has 0 radical (unpaired) electrons. The maximum Gasteiger partial charge on any atom is 0.237 e. The van der Waals surface area contributed by atoms with Crippen molar-refractivity contribution in [2.24, 2.45) is 7.05 Å². The molecule has 0 spiro atoms. The number of aryl methyl sites for hydroxylation is 1. The van der Waals surface area contributed by atoms with Crippen molar-refractivity contribution < 1.29 is 4.79 Å². The number of carbonyl (C=O) groups excluding carboxylic acids is 1. The molecule has 1 unspecified atom stereocenters. The van der Waals surface area contributed by atoms with Crippen molar-refractivity contribution in [3.8, 4) is 0 Å². The highest BCUT2D eigenvalue weighted by Crippen LogP contribution is 2.20. The lowest BCUT2D eigenvalue weighted by Gasteiger charge is -2.36. The Labute approximate surface area is 149 Å². The second kappa shape index (κ2) is 8.27. The van der Waals surface area contributed by atoms with E-state index in [2.05, 4.69) is 27.3 Å². The van der Waals surface area contributed by atoms with E-state index in [-0.39, 0.29) is 11.9 Å². The van der Waals surface area contributed by atoms with E-state index >= 15 is 0 Å². The number of rotatable bonds is 6. The summed E-state index contributed by atoms with van der Waals surface area (Å²) in [6, 6.07) is 10.3. The summed E-state index contributed by atoms with van der Waals surface area (Å²) in [6.07, 6.45) is 3.77. The normalized spacial score (nSPS) is 18.2. The van der Waals surface area contributed by atoms with Gasteiger partial charge in [0.15, 0.2) is 0 Å². The lowest BCUT2D eigenvalue weighted by Crippen LogP contribution is -2.50. The van der Waals surface area contributed by atoms with Crippen molar-refractivity contribution >= 4 is 5.91 Å². The van der Waals surface area contributed by atoms with Crippen molar-refractivity contribution in [3.63, 3.8) is 0 Å². The Morgan fingerprint density at radius 1 is 1.36 bits per heavy atom. The van der Waals surface area contributed by atoms with Crippen LogP contribution >= 0.6 is 0 Å². The summed E-state index contributed by atoms with van der Waals surface area (Å²) in [7, 11) is 2.00. The lowest BCUT2D eigenvalue weighted by molar-refractivity contribution is -0.133. The van der Waals surface area contributed by atoms with Gasteiger partial charge in [0.2, 0.25) is 5.91 Å². The van der Waals surface area contributed by atoms with Gasteiger partial charge in [0.25, 0.3) is 0 Å². The van der Waals surface area contributed by atoms with Gasteiger partial charge < -0.3 is 14.8 Å². The third kappa shape index (κ3) is 4.27. The summed E-state index contributed by atoms with van der Waals surface area (Å²) in [6.45, 7) is 6.42. The maximum absolute atomic E-state index is 12.9. The van der Waals surface area contributed by atoms with Crippen molar-refractivity contribution in [2.75, 3.05) is 32.7 Å². The molecule has 1 amide bonds. The quantitative estimate of drug-likeness (QED) is 0.863. The Bertz CT molecular complexity index is 684. The minimum Gasteiger partial charge on any atom is -0.338 e. The second-order valence-corrected chi connectivity index (χ2v) is 6.48. The van der Waals surface area contributed by atoms with Crippen LogP contribution in [0.4, 0.5) is 0 Å². The minimum absolute atomic E-state index is 0.133. The fourth-order valence-electron chi connectivity index (χ4n) is 3.34. The van der Waals surface area contributed by atoms with Gasteiger partial charge >= 0.3 is 0 Å². The van der Waals surface area contributed by atoms with Gasteiger partial charge in [-0.2, -0.15) is 0 Å². The van der Waals surface area contributed by atoms with Crippen LogP contribution in [0.15, 0.2) is 42.7 Å². The Kier molecular flexibility index (Phi) is 5.83. The van der Waals surface area contributed by atoms with E-state index in [1.165, 1.54) is 5.56 Å². The zero-order valence-electron chi connectivity index (χ0n) is 15.1. The number of hydrogen-bond donors (Lipinski definition) is 1. The number of aromatic nitrogens is 2. The molecule has 1 fully saturated rings. The number of likely N-dealkylation sites (N-methyl/N-ethyl adjacent to an activating group) is 1. The average Bonchev–Trinajstić information content (AvgIpc) is 3.06. The van der Waals surface area contributed by atoms with Gasteiger partial charge in [-0.25, -0.2) is 4.98 Å². The van der Waals surface area contributed by atoms with Gasteiger partial charge in [-0.1, -0.05) is 30.3 Å². The molecule has 1 aromatic carbocycles. The van der Waals surface area contributed by atoms with E-state index in [0.717, 1.165) is 25.5 Å². The number of benzene rings is 1. The number of hydrogen-bond acceptors (Lipinski definition) is 4. The highest BCUT2D eigenvalue weighted by atomic mass is 16.2. The van der Waals surface area contributed by atoms with E-state index in [1.807, 2.05) is 54.0 Å². The third-order valence-electron chi connectivity index (χ3n) is 4.80. The fourth-order valence-corrected chi connectivity index (χ4v) is 3.34. The monoisotopic (exact) mass is 341 g/mol. The van der Waals surface area contributed by atoms with E-state index in [0.29, 0.717) is 19.6 Å². The van der Waals surface area contributed by atoms with Crippen molar-refractivity contribution in [2.45, 2.75) is 19.5 Å². The summed E-state index contributed by atoms with van der Waals surface area (Å²) in [5.41, 5.74) is 1.17. The SMILES string of the molecule is CCN(Cc1ccccc1)C(=O)CN1CCNCC1c1nccn1C. The molecule has 134 valence electrons. The Hall–Kier alpha value is -2.18. The number of amides is 1. The molecule has 2 heterocycles. The highest BCUT2D eigenvalue weighted by molar-refractivity contribution is 5.78. The van der Waals surface area contributed by atoms with E-state index in [4.69, 9.17) is 0 Å². The summed E-state index contributed by atoms with van der Waals surface area (Å²) in [5.74, 6) is 1.18. The van der Waals surface area contributed by atoms with E-state index in [9.17, 15) is 4.79 Å². The molecule has 0 saturated carbocycles. The number of nitrogens with one attached hydrogen (secondary N) is 1. The molecule has 1 aromatic heterocycles. The summed E-state index contributed by atoms with van der Waals surface area (Å²) >= 11 is 0. The molecule has 6 nitrogen and oxygen atoms in total. The molecule has 1 aliphatic rings. The van der Waals surface area contributed by atoms with Crippen molar-refractivity contribution in [3.05, 3.63) is 54.1 Å². The van der Waals surface area contributed by atoms with Crippen LogP contribution in [-0.2, 0) is 18.4 Å². The molecule has 1 aliphatic heterocycles. The van der Waals surface area contributed by atoms with Crippen LogP contribution in [0.3, 0.4) is 0 Å². The topological polar surface area (TPSA) is 53.4 Å². The predicted molar refractivity (Wildman–Crippen MR) is 97.9 cm³/mol. The molecule has 0 bridgehead atoms. The van der Waals surface area contributed by atoms with Crippen LogP contribution in [0.5, 0.6) is 0 Å². The first-order chi connectivity index (χ1) is 12.2. The van der Waals surface area contributed by atoms with Crippen LogP contribution in [-0.4, -0.2) is 58.0 Å². The van der Waals surface area contributed by atoms with Gasteiger partial charge in [-0.05, 0) is 12.5 Å². The highest BCUT2D eigenvalue weighted by Gasteiger charge is 2.29. The summed E-state index contributed by atoms with van der Waals surface area (Å²) in [5, 5.41) is 3.42. The zero-order valence-corrected chi connectivity index (χ0v) is 15.1. The summed E-state index contributed by atoms with van der Waals surface area (Å²) in [4.78, 5) is 21.5. The minimum atomic E-state index is 0.133. The molecule has 2 aromatic rings. The Balaban J connectivity index is 1.68. The summed E-state index contributed by atoms with van der Waals surface area (Å²) < 4.78 is 2.04. The van der Waals surface area contributed by atoms with Gasteiger partial charge in [0, 0.05) is 52.2 Å². The van der Waals surface area contributed by atoms with E-state index < -0.39 is 0 Å². The molecule has 0 aliphatic carbocycles. The smallest absolute Gasteiger partial charge is 0.237 e. The molecule has 25 heavy (non-hydrogen) atoms. The molecule has 1 N–H and O–H groups in total. The first-order valence-electron chi connectivity index (χ1n) is 8.92. The van der Waals surface area contributed by atoms with Crippen LogP contribution in [0.25, 0.3) is 0 Å². The first kappa shape index (κ1) is 17.6. The molecule has 3 rings (SSSR count). The largest absolute Gasteiger partial charge is 0.338 e. The van der Waals surface area contributed by atoms with Crippen LogP contribution in [0, 0.1) is 0 Å². The molecular formula is C19H27N5O. The first-order valence-corrected chi connectivity index (χ1v) is 8.92. The lowest BCUT2D eigenvalue weighted by atomic mass is 10.1. The number of imidazole rings is 1. The van der Waals surface area contributed by atoms with Gasteiger partial charge in [-0.3, -0.25) is 9.69 Å². The number of piperazine rings is 1. The fraction of sp³-hybridized carbons (Fsp3) is 0.474. The van der Waals surface area contributed by atoms with Crippen LogP contribution < -0.4 is 5.32 Å². The van der Waals surface area contributed by atoms with Gasteiger partial charge in [-0.15, -0.1) is 0 Å². The van der Waals surface area contributed by atoms with E-state index in [1.54, 1.807) is 0 Å². The maximum atomic E-state index is 12.9. The molecule has 6 heteroatoms. The third-order valence-corrected chi connectivity index (χ3v) is 4.80. The second-order valence-electron chi connectivity index (χ2n) is 6.48. The molecular weight excluding hydrogens is 314 g/mol. The van der Waals surface area contributed by atoms with Gasteiger partial charge in [0.1, 0.15) is 5.82 Å². The van der Waals surface area contributed by atoms with Crippen LogP contribution in [0.2, 0.25) is 0 Å². The Morgan fingerprint density at radius 2 is 2.16 bits per heavy atom. The number of carbonyl (C=O) groups is 1. The zero-order chi connectivity index (χ0) is 17.6. The molecule has 1 atom stereocenters. The van der Waals surface area contributed by atoms with Gasteiger partial charge in [0.05, 0.1) is 12.6 Å². The Morgan fingerprint density at radius 3 is 2.84 bits per heavy atom. The predicted octanol–water partition coefficient (Wildman–Crippen LogP) is 1.42. The average molecular weight is 341 g/mol. The standard InChI is InChI=1S/C19H27N5O/c1-3-23(14-16-7-5-4-6-8-16)18(25)15-24-12-9-20-13-17(24)19-21-10-11-22(19)2/h4-8,10-11,17,20H,3,9,12-15H2,1-2H3. The van der Waals surface area contributed by atoms with Crippen LogP contribution in [0.1, 0.15) is 24.4 Å². The van der Waals surface area contributed by atoms with Crippen molar-refractivity contribution in [1.82, 2.24) is 24.7 Å².